The number of nitro benzene ring substituents is 2. The minimum absolute atomic E-state index is 0.0823. The largest absolute Gasteiger partial charge is 0.462 e. The maximum Gasteiger partial charge on any atom is 0.338 e. The number of fused-ring (bicyclic) bond motifs is 2. The van der Waals surface area contributed by atoms with E-state index < -0.39 is 21.8 Å². The lowest BCUT2D eigenvalue weighted by molar-refractivity contribution is -0.385. The Morgan fingerprint density at radius 2 is 1.19 bits per heavy atom. The Hall–Kier alpha value is -4.83. The van der Waals surface area contributed by atoms with E-state index in [1.54, 1.807) is 13.8 Å². The van der Waals surface area contributed by atoms with Crippen molar-refractivity contribution in [3.63, 3.8) is 0 Å². The second kappa shape index (κ2) is 20.0. The van der Waals surface area contributed by atoms with E-state index in [0.717, 1.165) is 23.3 Å². The summed E-state index contributed by atoms with van der Waals surface area (Å²) in [6, 6.07) is 20.9. The summed E-state index contributed by atoms with van der Waals surface area (Å²) < 4.78 is 10.1. The Labute approximate surface area is 355 Å². The van der Waals surface area contributed by atoms with Gasteiger partial charge in [-0.1, -0.05) is 45.5 Å². The fraction of sp³-hybridized carbons (Fsp3) is 0.318. The smallest absolute Gasteiger partial charge is 0.338 e. The predicted octanol–water partition coefficient (Wildman–Crippen LogP) is 10.8. The molecule has 2 heterocycles. The number of carbonyl (C=O) groups is 2. The Balaban J connectivity index is 0.000000209. The molecule has 13 heteroatoms. The van der Waals surface area contributed by atoms with Gasteiger partial charge in [0.2, 0.25) is 0 Å². The summed E-state index contributed by atoms with van der Waals surface area (Å²) in [6.07, 6.45) is 7.75. The van der Waals surface area contributed by atoms with Crippen LogP contribution in [0.3, 0.4) is 0 Å². The van der Waals surface area contributed by atoms with Gasteiger partial charge in [0.25, 0.3) is 11.4 Å². The molecule has 0 bridgehead atoms. The molecule has 4 aromatic carbocycles. The molecular formula is C44H43IN2O8S2. The zero-order valence-electron chi connectivity index (χ0n) is 32.6. The van der Waals surface area contributed by atoms with Crippen molar-refractivity contribution in [2.24, 2.45) is 0 Å². The molecule has 2 aliphatic rings. The molecule has 0 saturated heterocycles. The maximum atomic E-state index is 11.8. The van der Waals surface area contributed by atoms with Crippen LogP contribution in [0.4, 0.5) is 11.4 Å². The van der Waals surface area contributed by atoms with Crippen molar-refractivity contribution in [3.05, 3.63) is 136 Å². The highest BCUT2D eigenvalue weighted by molar-refractivity contribution is 14.1. The number of esters is 2. The monoisotopic (exact) mass is 918 g/mol. The minimum Gasteiger partial charge on any atom is -0.462 e. The summed E-state index contributed by atoms with van der Waals surface area (Å²) in [5.74, 6) is 9.83. The number of terminal acetylenes is 1. The van der Waals surface area contributed by atoms with Gasteiger partial charge in [-0.05, 0) is 143 Å². The number of nitro groups is 2. The fourth-order valence-electron chi connectivity index (χ4n) is 5.90. The first kappa shape index (κ1) is 44.9. The summed E-state index contributed by atoms with van der Waals surface area (Å²) in [4.78, 5) is 46.8. The van der Waals surface area contributed by atoms with E-state index >= 15 is 0 Å². The van der Waals surface area contributed by atoms with E-state index in [9.17, 15) is 29.8 Å². The SMILES string of the molecule is C#Cc1ccc2c(c1)C(C)(C)CCS2.CCOC(=O)c1ccc(C#Cc2ccc3c(c2)C(C)(C)CCS3)c([N+](=O)[O-])c1.CCOC(=O)c1ccc(I)c([N+](=O)[O-])c1. The van der Waals surface area contributed by atoms with Crippen LogP contribution in [-0.4, -0.2) is 46.5 Å². The molecule has 10 nitrogen and oxygen atoms in total. The zero-order chi connectivity index (χ0) is 41.9. The third kappa shape index (κ3) is 11.9. The molecular weight excluding hydrogens is 876 g/mol. The molecule has 0 atom stereocenters. The zero-order valence-corrected chi connectivity index (χ0v) is 36.4. The molecule has 0 unspecified atom stereocenters. The number of nitrogens with zero attached hydrogens (tertiary/aromatic N) is 2. The number of halogens is 1. The number of rotatable bonds is 6. The molecule has 0 fully saturated rings. The number of hydrogen-bond donors (Lipinski definition) is 0. The molecule has 0 radical (unpaired) electrons. The van der Waals surface area contributed by atoms with Crippen molar-refractivity contribution in [1.29, 1.82) is 0 Å². The van der Waals surface area contributed by atoms with Crippen LogP contribution < -0.4 is 0 Å². The van der Waals surface area contributed by atoms with Crippen molar-refractivity contribution in [3.8, 4) is 24.2 Å². The van der Waals surface area contributed by atoms with Gasteiger partial charge in [0.1, 0.15) is 5.56 Å². The maximum absolute atomic E-state index is 11.8. The normalized spacial score (nSPS) is 14.1. The molecule has 4 aromatic rings. The van der Waals surface area contributed by atoms with Gasteiger partial charge in [0.05, 0.1) is 37.8 Å². The standard InChI is InChI=1S/C22H21NO4S.C13H14S.C9H8INO4/c1-4-27-21(24)17-9-8-16(19(14-17)23(25)26)7-5-15-6-10-20-18(13-15)22(2,3)11-12-28-20;1-4-10-5-6-12-11(9-10)13(2,3)7-8-14-12;1-2-15-9(12)6-3-4-7(10)8(5-6)11(13)14/h6,8-10,13-14H,4,11-12H2,1-3H3;1,5-6,9H,7-8H2,2-3H3;3-5H,2H2,1H3. The number of carbonyl (C=O) groups excluding carboxylic acids is 2. The first-order valence-corrected chi connectivity index (χ1v) is 21.2. The molecule has 2 aliphatic heterocycles. The van der Waals surface area contributed by atoms with Crippen molar-refractivity contribution in [2.45, 2.75) is 75.0 Å². The molecule has 0 amide bonds. The molecule has 57 heavy (non-hydrogen) atoms. The van der Waals surface area contributed by atoms with Gasteiger partial charge in [-0.25, -0.2) is 9.59 Å². The Morgan fingerprint density at radius 3 is 1.68 bits per heavy atom. The molecule has 0 aromatic heterocycles. The average molecular weight is 919 g/mol. The summed E-state index contributed by atoms with van der Waals surface area (Å²) in [5.41, 5.74) is 5.20. The van der Waals surface area contributed by atoms with Crippen LogP contribution in [0.15, 0.2) is 82.6 Å². The van der Waals surface area contributed by atoms with Crippen molar-refractivity contribution < 1.29 is 28.9 Å². The van der Waals surface area contributed by atoms with Crippen molar-refractivity contribution in [2.75, 3.05) is 24.7 Å². The average Bonchev–Trinajstić information content (AvgIpc) is 3.17. The third-order valence-electron chi connectivity index (χ3n) is 9.25. The van der Waals surface area contributed by atoms with Gasteiger partial charge >= 0.3 is 11.9 Å². The Bertz CT molecular complexity index is 2290. The van der Waals surface area contributed by atoms with E-state index in [2.05, 4.69) is 69.7 Å². The van der Waals surface area contributed by atoms with Gasteiger partial charge in [0.15, 0.2) is 0 Å². The highest BCUT2D eigenvalue weighted by Gasteiger charge is 2.29. The number of thioether (sulfide) groups is 2. The van der Waals surface area contributed by atoms with E-state index in [-0.39, 0.29) is 52.1 Å². The summed E-state index contributed by atoms with van der Waals surface area (Å²) in [7, 11) is 0. The van der Waals surface area contributed by atoms with Crippen LogP contribution in [0.2, 0.25) is 0 Å². The molecule has 0 aliphatic carbocycles. The van der Waals surface area contributed by atoms with Gasteiger partial charge < -0.3 is 9.47 Å². The summed E-state index contributed by atoms with van der Waals surface area (Å²) in [6.45, 7) is 12.9. The van der Waals surface area contributed by atoms with Crippen LogP contribution in [0.25, 0.3) is 0 Å². The first-order valence-electron chi connectivity index (χ1n) is 18.1. The lowest BCUT2D eigenvalue weighted by Gasteiger charge is -2.32. The summed E-state index contributed by atoms with van der Waals surface area (Å²) >= 11 is 5.63. The van der Waals surface area contributed by atoms with Crippen LogP contribution in [0.1, 0.15) is 103 Å². The lowest BCUT2D eigenvalue weighted by atomic mass is 9.81. The van der Waals surface area contributed by atoms with Gasteiger partial charge in [0, 0.05) is 33.1 Å². The Kier molecular flexibility index (Phi) is 15.8. The number of benzene rings is 4. The van der Waals surface area contributed by atoms with Crippen molar-refractivity contribution >= 4 is 69.4 Å². The van der Waals surface area contributed by atoms with E-state index in [0.29, 0.717) is 3.57 Å². The number of hydrogen-bond acceptors (Lipinski definition) is 10. The van der Waals surface area contributed by atoms with Crippen LogP contribution in [0.5, 0.6) is 0 Å². The second-order valence-corrected chi connectivity index (χ2v) is 17.6. The number of ether oxygens (including phenoxy) is 2. The van der Waals surface area contributed by atoms with E-state index in [1.165, 1.54) is 69.5 Å². The minimum atomic E-state index is -0.584. The van der Waals surface area contributed by atoms with Crippen LogP contribution in [-0.2, 0) is 20.3 Å². The third-order valence-corrected chi connectivity index (χ3v) is 12.3. The Morgan fingerprint density at radius 1 is 0.719 bits per heavy atom. The quantitative estimate of drug-likeness (QED) is 0.0604. The molecule has 0 N–H and O–H groups in total. The predicted molar refractivity (Wildman–Crippen MR) is 234 cm³/mol. The topological polar surface area (TPSA) is 139 Å². The van der Waals surface area contributed by atoms with Gasteiger partial charge in [-0.2, -0.15) is 0 Å². The highest BCUT2D eigenvalue weighted by atomic mass is 127. The van der Waals surface area contributed by atoms with Gasteiger partial charge in [-0.15, -0.1) is 29.9 Å². The highest BCUT2D eigenvalue weighted by Crippen LogP contribution is 2.42. The first-order chi connectivity index (χ1) is 27.0. The molecule has 0 saturated carbocycles. The second-order valence-electron chi connectivity index (χ2n) is 14.1. The van der Waals surface area contributed by atoms with Gasteiger partial charge in [-0.3, -0.25) is 20.2 Å². The van der Waals surface area contributed by atoms with E-state index in [4.69, 9.17) is 15.9 Å². The van der Waals surface area contributed by atoms with Crippen molar-refractivity contribution in [1.82, 2.24) is 0 Å². The summed E-state index contributed by atoms with van der Waals surface area (Å²) in [5, 5.41) is 22.0. The fourth-order valence-corrected chi connectivity index (χ4v) is 9.41. The lowest BCUT2D eigenvalue weighted by Crippen LogP contribution is -2.22. The van der Waals surface area contributed by atoms with Crippen LogP contribution >= 0.6 is 46.1 Å². The molecule has 6 rings (SSSR count). The van der Waals surface area contributed by atoms with Crippen LogP contribution in [0, 0.1) is 48.0 Å². The molecule has 0 spiro atoms. The van der Waals surface area contributed by atoms with E-state index in [1.807, 2.05) is 58.2 Å². The molecule has 296 valence electrons.